The molecular formula is C52H101NO4. The lowest BCUT2D eigenvalue weighted by atomic mass is 10.0. The molecule has 4 N–H and O–H groups in total. The minimum atomic E-state index is -1.10. The number of hydrogen-bond acceptors (Lipinski definition) is 4. The van der Waals surface area contributed by atoms with E-state index in [2.05, 4.69) is 31.3 Å². The zero-order valence-corrected chi connectivity index (χ0v) is 38.5. The van der Waals surface area contributed by atoms with Crippen LogP contribution in [0.5, 0.6) is 0 Å². The number of aliphatic hydroxyl groups is 3. The Balaban J connectivity index is 3.61. The molecule has 0 radical (unpaired) electrons. The van der Waals surface area contributed by atoms with Gasteiger partial charge in [-0.1, -0.05) is 256 Å². The zero-order chi connectivity index (χ0) is 41.5. The molecule has 3 unspecified atom stereocenters. The Morgan fingerprint density at radius 2 is 0.702 bits per heavy atom. The van der Waals surface area contributed by atoms with Crippen molar-refractivity contribution in [1.82, 2.24) is 5.32 Å². The van der Waals surface area contributed by atoms with Crippen LogP contribution in [0.15, 0.2) is 24.3 Å². The lowest BCUT2D eigenvalue weighted by Crippen LogP contribution is -2.48. The number of aliphatic hydroxyl groups excluding tert-OH is 3. The average Bonchev–Trinajstić information content (AvgIpc) is 3.22. The summed E-state index contributed by atoms with van der Waals surface area (Å²) in [5, 5.41) is 33.3. The fourth-order valence-electron chi connectivity index (χ4n) is 8.01. The van der Waals surface area contributed by atoms with Crippen LogP contribution in [0.3, 0.4) is 0 Å². The Hall–Kier alpha value is -1.17. The van der Waals surface area contributed by atoms with Gasteiger partial charge in [0.25, 0.3) is 0 Å². The number of hydrogen-bond donors (Lipinski definition) is 4. The van der Waals surface area contributed by atoms with E-state index in [1.807, 2.05) is 6.08 Å². The Labute approximate surface area is 356 Å². The smallest absolute Gasteiger partial charge is 0.249 e. The van der Waals surface area contributed by atoms with Gasteiger partial charge in [0.15, 0.2) is 0 Å². The van der Waals surface area contributed by atoms with Crippen LogP contribution >= 0.6 is 0 Å². The van der Waals surface area contributed by atoms with E-state index in [9.17, 15) is 20.1 Å². The predicted octanol–water partition coefficient (Wildman–Crippen LogP) is 15.3. The van der Waals surface area contributed by atoms with Crippen molar-refractivity contribution in [1.29, 1.82) is 0 Å². The van der Waals surface area contributed by atoms with Crippen LogP contribution in [0.2, 0.25) is 0 Å². The molecule has 57 heavy (non-hydrogen) atoms. The standard InChI is InChI=1S/C52H101NO4/c1-3-5-7-9-11-13-15-17-19-21-23-25-27-29-31-33-35-37-39-41-43-45-47-51(56)52(57)53-49(48-54)50(55)46-44-42-40-38-36-34-32-30-28-26-24-22-20-18-16-14-12-10-8-6-4-2/h29,31,44,46,49-51,54-56H,3-28,30,32-43,45,47-48H2,1-2H3,(H,53,57)/b31-29-,46-44+. The molecule has 0 heterocycles. The van der Waals surface area contributed by atoms with Crippen molar-refractivity contribution in [3.8, 4) is 0 Å². The van der Waals surface area contributed by atoms with E-state index in [4.69, 9.17) is 0 Å². The molecule has 5 heteroatoms. The number of nitrogens with one attached hydrogen (secondary N) is 1. The molecule has 0 aliphatic heterocycles. The molecule has 0 bridgehead atoms. The van der Waals surface area contributed by atoms with Gasteiger partial charge in [-0.3, -0.25) is 4.79 Å². The maximum Gasteiger partial charge on any atom is 0.249 e. The molecule has 1 amide bonds. The van der Waals surface area contributed by atoms with Gasteiger partial charge in [0, 0.05) is 0 Å². The second kappa shape index (κ2) is 47.5. The lowest BCUT2D eigenvalue weighted by Gasteiger charge is -2.21. The van der Waals surface area contributed by atoms with Gasteiger partial charge in [-0.05, 0) is 44.9 Å². The largest absolute Gasteiger partial charge is 0.394 e. The topological polar surface area (TPSA) is 89.8 Å². The van der Waals surface area contributed by atoms with Crippen molar-refractivity contribution in [2.45, 2.75) is 295 Å². The summed E-state index contributed by atoms with van der Waals surface area (Å²) >= 11 is 0. The third-order valence-electron chi connectivity index (χ3n) is 12.0. The van der Waals surface area contributed by atoms with Gasteiger partial charge in [-0.25, -0.2) is 0 Å². The number of rotatable bonds is 47. The number of allylic oxidation sites excluding steroid dienone is 3. The van der Waals surface area contributed by atoms with Gasteiger partial charge >= 0.3 is 0 Å². The van der Waals surface area contributed by atoms with Gasteiger partial charge in [-0.15, -0.1) is 0 Å². The highest BCUT2D eigenvalue weighted by Gasteiger charge is 2.22. The molecule has 0 aromatic carbocycles. The summed E-state index contributed by atoms with van der Waals surface area (Å²) in [7, 11) is 0. The van der Waals surface area contributed by atoms with E-state index in [1.54, 1.807) is 6.08 Å². The Morgan fingerprint density at radius 3 is 1.02 bits per heavy atom. The quantitative estimate of drug-likeness (QED) is 0.0364. The molecule has 0 aromatic rings. The van der Waals surface area contributed by atoms with Crippen LogP contribution in [-0.4, -0.2) is 46.1 Å². The number of unbranched alkanes of at least 4 members (excludes halogenated alkanes) is 37. The Morgan fingerprint density at radius 1 is 0.421 bits per heavy atom. The van der Waals surface area contributed by atoms with Crippen LogP contribution in [0.25, 0.3) is 0 Å². The Bertz CT molecular complexity index is 844. The van der Waals surface area contributed by atoms with Gasteiger partial charge in [0.1, 0.15) is 6.10 Å². The number of carbonyl (C=O) groups is 1. The summed E-state index contributed by atoms with van der Waals surface area (Å²) in [5.41, 5.74) is 0. The highest BCUT2D eigenvalue weighted by Crippen LogP contribution is 2.17. The van der Waals surface area contributed by atoms with E-state index >= 15 is 0 Å². The van der Waals surface area contributed by atoms with Crippen molar-refractivity contribution < 1.29 is 20.1 Å². The highest BCUT2D eigenvalue weighted by molar-refractivity contribution is 5.80. The fourth-order valence-corrected chi connectivity index (χ4v) is 8.01. The third-order valence-corrected chi connectivity index (χ3v) is 12.0. The van der Waals surface area contributed by atoms with Crippen LogP contribution in [0.1, 0.15) is 277 Å². The van der Waals surface area contributed by atoms with Gasteiger partial charge in [-0.2, -0.15) is 0 Å². The molecule has 0 aromatic heterocycles. The van der Waals surface area contributed by atoms with Crippen molar-refractivity contribution in [3.63, 3.8) is 0 Å². The zero-order valence-electron chi connectivity index (χ0n) is 38.5. The van der Waals surface area contributed by atoms with E-state index in [-0.39, 0.29) is 6.61 Å². The minimum Gasteiger partial charge on any atom is -0.394 e. The van der Waals surface area contributed by atoms with Crippen LogP contribution in [0.4, 0.5) is 0 Å². The van der Waals surface area contributed by atoms with E-state index in [0.717, 1.165) is 32.1 Å². The van der Waals surface area contributed by atoms with Crippen molar-refractivity contribution in [2.24, 2.45) is 0 Å². The summed E-state index contributed by atoms with van der Waals surface area (Å²) in [6, 6.07) is -0.799. The number of carbonyl (C=O) groups excluding carboxylic acids is 1. The number of amides is 1. The van der Waals surface area contributed by atoms with E-state index < -0.39 is 24.2 Å². The first-order valence-electron chi connectivity index (χ1n) is 25.7. The first-order valence-corrected chi connectivity index (χ1v) is 25.7. The predicted molar refractivity (Wildman–Crippen MR) is 250 cm³/mol. The van der Waals surface area contributed by atoms with Crippen LogP contribution < -0.4 is 5.32 Å². The molecule has 0 aliphatic carbocycles. The summed E-state index contributed by atoms with van der Waals surface area (Å²) in [6.45, 7) is 4.21. The van der Waals surface area contributed by atoms with Crippen molar-refractivity contribution in [3.05, 3.63) is 24.3 Å². The Kier molecular flexibility index (Phi) is 46.5. The molecule has 338 valence electrons. The maximum atomic E-state index is 12.5. The molecule has 0 aliphatic rings. The summed E-state index contributed by atoms with van der Waals surface area (Å²) in [5.74, 6) is -0.504. The fraction of sp³-hybridized carbons (Fsp3) is 0.904. The molecule has 0 saturated carbocycles. The molecule has 0 rings (SSSR count). The summed E-state index contributed by atoms with van der Waals surface area (Å²) < 4.78 is 0. The molecule has 0 spiro atoms. The summed E-state index contributed by atoms with van der Waals surface area (Å²) in [4.78, 5) is 12.5. The second-order valence-corrected chi connectivity index (χ2v) is 17.7. The molecule has 0 saturated heterocycles. The minimum absolute atomic E-state index is 0.363. The van der Waals surface area contributed by atoms with Gasteiger partial charge in [0.2, 0.25) is 5.91 Å². The van der Waals surface area contributed by atoms with Crippen LogP contribution in [-0.2, 0) is 4.79 Å². The normalized spacial score (nSPS) is 13.6. The second-order valence-electron chi connectivity index (χ2n) is 17.7. The lowest BCUT2D eigenvalue weighted by molar-refractivity contribution is -0.131. The first kappa shape index (κ1) is 55.8. The van der Waals surface area contributed by atoms with Crippen molar-refractivity contribution in [2.75, 3.05) is 6.61 Å². The van der Waals surface area contributed by atoms with Gasteiger partial charge in [0.05, 0.1) is 18.8 Å². The van der Waals surface area contributed by atoms with Crippen LogP contribution in [0, 0.1) is 0 Å². The van der Waals surface area contributed by atoms with E-state index in [1.165, 1.54) is 225 Å². The molecule has 3 atom stereocenters. The van der Waals surface area contributed by atoms with Crippen molar-refractivity contribution >= 4 is 5.91 Å². The maximum absolute atomic E-state index is 12.5. The highest BCUT2D eigenvalue weighted by atomic mass is 16.3. The summed E-state index contributed by atoms with van der Waals surface area (Å²) in [6.07, 6.45) is 59.5. The average molecular weight is 804 g/mol. The monoisotopic (exact) mass is 804 g/mol. The van der Waals surface area contributed by atoms with E-state index in [0.29, 0.717) is 6.42 Å². The molecule has 5 nitrogen and oxygen atoms in total. The van der Waals surface area contributed by atoms with Gasteiger partial charge < -0.3 is 20.6 Å². The SMILES string of the molecule is CCCCCCCCCCCCCC/C=C\CCCCCCCCC(O)C(=O)NC(CO)C(O)/C=C/CCCCCCCCCCCCCCCCCCCCC. The third kappa shape index (κ3) is 42.8. The molecular weight excluding hydrogens is 703 g/mol. The molecule has 0 fully saturated rings. The first-order chi connectivity index (χ1) is 28.1.